The van der Waals surface area contributed by atoms with E-state index in [2.05, 4.69) is 0 Å². The van der Waals surface area contributed by atoms with Crippen LogP contribution in [0.1, 0.15) is 43.4 Å². The molecule has 0 spiro atoms. The SMILES string of the molecule is CCCOc1ccc(/C(O)=C2/C(=O)C(=O)N(c3ccc(OCC)cc3)C2c2ccc(C)o2)cc1. The van der Waals surface area contributed by atoms with E-state index >= 15 is 0 Å². The van der Waals surface area contributed by atoms with Crippen LogP contribution in [0.4, 0.5) is 5.69 Å². The van der Waals surface area contributed by atoms with Crippen molar-refractivity contribution in [3.05, 3.63) is 83.3 Å². The zero-order chi connectivity index (χ0) is 24.2. The lowest BCUT2D eigenvalue weighted by atomic mass is 9.99. The molecule has 0 bridgehead atoms. The molecule has 1 atom stereocenters. The molecule has 1 aliphatic heterocycles. The van der Waals surface area contributed by atoms with Gasteiger partial charge in [-0.2, -0.15) is 0 Å². The van der Waals surface area contributed by atoms with Crippen molar-refractivity contribution in [3.8, 4) is 11.5 Å². The maximum Gasteiger partial charge on any atom is 0.300 e. The molecule has 2 aromatic carbocycles. The fourth-order valence-electron chi connectivity index (χ4n) is 3.92. The summed E-state index contributed by atoms with van der Waals surface area (Å²) in [4.78, 5) is 27.7. The van der Waals surface area contributed by atoms with Crippen LogP contribution in [0.3, 0.4) is 0 Å². The summed E-state index contributed by atoms with van der Waals surface area (Å²) >= 11 is 0. The third-order valence-electron chi connectivity index (χ3n) is 5.50. The summed E-state index contributed by atoms with van der Waals surface area (Å²) in [5.41, 5.74) is 0.865. The highest BCUT2D eigenvalue weighted by atomic mass is 16.5. The van der Waals surface area contributed by atoms with Gasteiger partial charge in [-0.3, -0.25) is 14.5 Å². The van der Waals surface area contributed by atoms with E-state index in [-0.39, 0.29) is 11.3 Å². The Hall–Kier alpha value is -4.00. The smallest absolute Gasteiger partial charge is 0.300 e. The number of hydrogen-bond acceptors (Lipinski definition) is 6. The first kappa shape index (κ1) is 23.2. The van der Waals surface area contributed by atoms with E-state index in [9.17, 15) is 14.7 Å². The average Bonchev–Trinajstić information content (AvgIpc) is 3.39. The lowest BCUT2D eigenvalue weighted by Crippen LogP contribution is -2.29. The van der Waals surface area contributed by atoms with E-state index in [1.165, 1.54) is 4.90 Å². The van der Waals surface area contributed by atoms with Crippen LogP contribution < -0.4 is 14.4 Å². The van der Waals surface area contributed by atoms with Crippen LogP contribution in [-0.4, -0.2) is 30.0 Å². The first-order valence-corrected chi connectivity index (χ1v) is 11.3. The highest BCUT2D eigenvalue weighted by Crippen LogP contribution is 2.43. The summed E-state index contributed by atoms with van der Waals surface area (Å²) < 4.78 is 16.9. The minimum atomic E-state index is -0.914. The largest absolute Gasteiger partial charge is 0.507 e. The molecule has 0 aliphatic carbocycles. The number of benzene rings is 2. The van der Waals surface area contributed by atoms with Gasteiger partial charge < -0.3 is 19.0 Å². The number of rotatable bonds is 8. The number of Topliss-reactive ketones (excluding diaryl/α,β-unsaturated/α-hetero) is 1. The molecular weight excluding hydrogens is 434 g/mol. The number of aliphatic hydroxyl groups excluding tert-OH is 1. The molecule has 7 heteroatoms. The monoisotopic (exact) mass is 461 g/mol. The van der Waals surface area contributed by atoms with Crippen molar-refractivity contribution in [1.29, 1.82) is 0 Å². The van der Waals surface area contributed by atoms with Crippen molar-refractivity contribution >= 4 is 23.1 Å². The zero-order valence-corrected chi connectivity index (χ0v) is 19.4. The predicted octanol–water partition coefficient (Wildman–Crippen LogP) is 5.40. The maximum absolute atomic E-state index is 13.2. The molecule has 3 aromatic rings. The molecule has 7 nitrogen and oxygen atoms in total. The van der Waals surface area contributed by atoms with Gasteiger partial charge in [-0.05, 0) is 80.9 Å². The molecule has 1 amide bonds. The van der Waals surface area contributed by atoms with Crippen LogP contribution in [0.25, 0.3) is 5.76 Å². The average molecular weight is 462 g/mol. The number of aryl methyl sites for hydroxylation is 1. The number of carbonyl (C=O) groups excluding carboxylic acids is 2. The Morgan fingerprint density at radius 2 is 1.59 bits per heavy atom. The number of furan rings is 1. The minimum Gasteiger partial charge on any atom is -0.507 e. The summed E-state index contributed by atoms with van der Waals surface area (Å²) in [6.07, 6.45) is 0.874. The van der Waals surface area contributed by atoms with Gasteiger partial charge in [0.2, 0.25) is 0 Å². The van der Waals surface area contributed by atoms with Crippen molar-refractivity contribution < 1.29 is 28.6 Å². The van der Waals surface area contributed by atoms with Gasteiger partial charge in [-0.15, -0.1) is 0 Å². The summed E-state index contributed by atoms with van der Waals surface area (Å²) in [7, 11) is 0. The van der Waals surface area contributed by atoms with E-state index in [1.54, 1.807) is 67.6 Å². The molecule has 2 heterocycles. The van der Waals surface area contributed by atoms with E-state index in [0.29, 0.717) is 47.5 Å². The van der Waals surface area contributed by atoms with E-state index in [0.717, 1.165) is 6.42 Å². The Bertz CT molecular complexity index is 1210. The van der Waals surface area contributed by atoms with Crippen LogP contribution in [0, 0.1) is 6.92 Å². The van der Waals surface area contributed by atoms with Gasteiger partial charge in [0.25, 0.3) is 11.7 Å². The number of carbonyl (C=O) groups is 2. The van der Waals surface area contributed by atoms with E-state index in [1.807, 2.05) is 13.8 Å². The molecule has 1 aliphatic rings. The number of amides is 1. The Balaban J connectivity index is 1.79. The first-order chi connectivity index (χ1) is 16.4. The van der Waals surface area contributed by atoms with Gasteiger partial charge in [-0.25, -0.2) is 0 Å². The van der Waals surface area contributed by atoms with Gasteiger partial charge in [0.15, 0.2) is 0 Å². The fraction of sp³-hybridized carbons (Fsp3) is 0.259. The van der Waals surface area contributed by atoms with Crippen LogP contribution in [0.15, 0.2) is 70.7 Å². The van der Waals surface area contributed by atoms with Crippen LogP contribution in [0.5, 0.6) is 11.5 Å². The number of anilines is 1. The molecule has 1 N–H and O–H groups in total. The molecule has 1 saturated heterocycles. The Morgan fingerprint density at radius 3 is 2.18 bits per heavy atom. The number of aliphatic hydroxyl groups is 1. The maximum atomic E-state index is 13.2. The van der Waals surface area contributed by atoms with Crippen LogP contribution in [0.2, 0.25) is 0 Å². The predicted molar refractivity (Wildman–Crippen MR) is 128 cm³/mol. The molecule has 176 valence electrons. The van der Waals surface area contributed by atoms with Crippen molar-refractivity contribution in [3.63, 3.8) is 0 Å². The highest BCUT2D eigenvalue weighted by Gasteiger charge is 2.48. The van der Waals surface area contributed by atoms with Gasteiger partial charge in [-0.1, -0.05) is 6.92 Å². The van der Waals surface area contributed by atoms with E-state index < -0.39 is 17.7 Å². The second-order valence-corrected chi connectivity index (χ2v) is 7.92. The Morgan fingerprint density at radius 1 is 0.941 bits per heavy atom. The molecule has 34 heavy (non-hydrogen) atoms. The van der Waals surface area contributed by atoms with Gasteiger partial charge in [0.1, 0.15) is 34.8 Å². The quantitative estimate of drug-likeness (QED) is 0.274. The third-order valence-corrected chi connectivity index (χ3v) is 5.50. The molecule has 1 aromatic heterocycles. The molecule has 4 rings (SSSR count). The van der Waals surface area contributed by atoms with Crippen molar-refractivity contribution in [2.75, 3.05) is 18.1 Å². The van der Waals surface area contributed by atoms with Gasteiger partial charge in [0, 0.05) is 11.3 Å². The molecule has 1 fully saturated rings. The second kappa shape index (κ2) is 9.87. The normalized spacial score (nSPS) is 17.3. The number of hydrogen-bond donors (Lipinski definition) is 1. The molecule has 1 unspecified atom stereocenters. The third kappa shape index (κ3) is 4.41. The van der Waals surface area contributed by atoms with Crippen molar-refractivity contribution in [1.82, 2.24) is 0 Å². The molecule has 0 radical (unpaired) electrons. The Kier molecular flexibility index (Phi) is 6.72. The summed E-state index contributed by atoms with van der Waals surface area (Å²) in [6.45, 7) is 6.77. The van der Waals surface area contributed by atoms with Crippen LogP contribution >= 0.6 is 0 Å². The number of nitrogens with zero attached hydrogens (tertiary/aromatic N) is 1. The summed E-state index contributed by atoms with van der Waals surface area (Å²) in [5, 5.41) is 11.2. The van der Waals surface area contributed by atoms with E-state index in [4.69, 9.17) is 13.9 Å². The summed E-state index contributed by atoms with van der Waals surface area (Å²) in [5.74, 6) is 0.530. The molecule has 0 saturated carbocycles. The number of ketones is 1. The summed E-state index contributed by atoms with van der Waals surface area (Å²) in [6, 6.07) is 16.2. The van der Waals surface area contributed by atoms with Gasteiger partial charge >= 0.3 is 0 Å². The van der Waals surface area contributed by atoms with Crippen LogP contribution in [-0.2, 0) is 9.59 Å². The first-order valence-electron chi connectivity index (χ1n) is 11.3. The van der Waals surface area contributed by atoms with Crippen molar-refractivity contribution in [2.45, 2.75) is 33.2 Å². The highest BCUT2D eigenvalue weighted by molar-refractivity contribution is 6.51. The molecular formula is C27H27NO6. The zero-order valence-electron chi connectivity index (χ0n) is 19.4. The van der Waals surface area contributed by atoms with Gasteiger partial charge in [0.05, 0.1) is 18.8 Å². The Labute approximate surface area is 198 Å². The minimum absolute atomic E-state index is 0.0320. The fourth-order valence-corrected chi connectivity index (χ4v) is 3.92. The standard InChI is InChI=1S/C27H27NO6/c1-4-16-33-21-11-7-18(8-12-21)25(29)23-24(22-15-6-17(3)34-22)28(27(31)26(23)30)19-9-13-20(14-10-19)32-5-2/h6-15,24,29H,4-5,16H2,1-3H3/b25-23-. The van der Waals surface area contributed by atoms with Crippen molar-refractivity contribution in [2.24, 2.45) is 0 Å². The lowest BCUT2D eigenvalue weighted by Gasteiger charge is -2.23. The number of ether oxygens (including phenoxy) is 2. The second-order valence-electron chi connectivity index (χ2n) is 7.92. The topological polar surface area (TPSA) is 89.2 Å². The lowest BCUT2D eigenvalue weighted by molar-refractivity contribution is -0.132.